The molecule has 7 heteroatoms. The van der Waals surface area contributed by atoms with Crippen LogP contribution in [0.4, 0.5) is 0 Å². The number of ether oxygens (including phenoxy) is 1. The van der Waals surface area contributed by atoms with Crippen LogP contribution in [-0.2, 0) is 4.79 Å². The van der Waals surface area contributed by atoms with E-state index in [2.05, 4.69) is 4.98 Å². The Morgan fingerprint density at radius 1 is 1.00 bits per heavy atom. The summed E-state index contributed by atoms with van der Waals surface area (Å²) in [5, 5.41) is 0. The monoisotopic (exact) mass is 335 g/mol. The molecule has 2 heterocycles. The molecule has 0 saturated heterocycles. The van der Waals surface area contributed by atoms with E-state index in [1.54, 1.807) is 24.3 Å². The molecule has 2 aromatic rings. The fourth-order valence-corrected chi connectivity index (χ4v) is 2.85. The van der Waals surface area contributed by atoms with Crippen molar-refractivity contribution in [1.29, 1.82) is 0 Å². The number of imidazole rings is 1. The van der Waals surface area contributed by atoms with Gasteiger partial charge >= 0.3 is 11.7 Å². The maximum Gasteiger partial charge on any atom is 0.341 e. The van der Waals surface area contributed by atoms with Crippen LogP contribution in [0.2, 0.25) is 0 Å². The molecule has 0 saturated carbocycles. The zero-order valence-corrected chi connectivity index (χ0v) is 13.2. The second-order valence-corrected chi connectivity index (χ2v) is 5.54. The van der Waals surface area contributed by atoms with Crippen molar-refractivity contribution in [1.82, 2.24) is 14.1 Å². The van der Waals surface area contributed by atoms with Crippen molar-refractivity contribution in [3.8, 4) is 17.1 Å². The van der Waals surface area contributed by atoms with Gasteiger partial charge in [-0.3, -0.25) is 14.2 Å². The molecule has 0 unspecified atom stereocenters. The SMILES string of the molecule is CC(=O)Oc1ccc(-n2c(=O)c3c[nH]c4ccccc4n-3c2=O)cc1. The van der Waals surface area contributed by atoms with Gasteiger partial charge in [-0.25, -0.2) is 9.36 Å². The maximum atomic E-state index is 12.9. The predicted octanol–water partition coefficient (Wildman–Crippen LogP) is 1.83. The molecule has 0 amide bonds. The number of aromatic nitrogens is 3. The second kappa shape index (κ2) is 5.48. The van der Waals surface area contributed by atoms with E-state index in [9.17, 15) is 14.4 Å². The fourth-order valence-electron chi connectivity index (χ4n) is 2.85. The number of aromatic amines is 1. The Morgan fingerprint density at radius 3 is 2.44 bits per heavy atom. The Bertz CT molecular complexity index is 1180. The van der Waals surface area contributed by atoms with E-state index >= 15 is 0 Å². The highest BCUT2D eigenvalue weighted by atomic mass is 16.5. The lowest BCUT2D eigenvalue weighted by molar-refractivity contribution is -0.131. The molecule has 0 atom stereocenters. The van der Waals surface area contributed by atoms with Gasteiger partial charge in [0.15, 0.2) is 0 Å². The van der Waals surface area contributed by atoms with Gasteiger partial charge in [-0.1, -0.05) is 12.1 Å². The van der Waals surface area contributed by atoms with Gasteiger partial charge < -0.3 is 9.72 Å². The molecular formula is C18H13N3O4. The topological polar surface area (TPSA) is 86.1 Å². The third-order valence-electron chi connectivity index (χ3n) is 3.91. The number of fused-ring (bicyclic) bond motifs is 3. The summed E-state index contributed by atoms with van der Waals surface area (Å²) in [4.78, 5) is 39.6. The van der Waals surface area contributed by atoms with Crippen molar-refractivity contribution in [2.45, 2.75) is 6.92 Å². The number of nitrogens with one attached hydrogen (secondary N) is 1. The number of benzene rings is 2. The smallest absolute Gasteiger partial charge is 0.341 e. The lowest BCUT2D eigenvalue weighted by Gasteiger charge is -2.05. The van der Waals surface area contributed by atoms with Crippen molar-refractivity contribution in [3.05, 3.63) is 75.6 Å². The molecule has 1 N–H and O–H groups in total. The van der Waals surface area contributed by atoms with Gasteiger partial charge in [0.1, 0.15) is 11.4 Å². The van der Waals surface area contributed by atoms with E-state index in [1.165, 1.54) is 29.8 Å². The van der Waals surface area contributed by atoms with Gasteiger partial charge in [-0.2, -0.15) is 0 Å². The molecule has 25 heavy (non-hydrogen) atoms. The minimum atomic E-state index is -0.453. The average molecular weight is 335 g/mol. The molecule has 0 aromatic heterocycles. The lowest BCUT2D eigenvalue weighted by Crippen LogP contribution is -2.25. The first-order valence-electron chi connectivity index (χ1n) is 7.59. The van der Waals surface area contributed by atoms with Crippen LogP contribution in [0.3, 0.4) is 0 Å². The summed E-state index contributed by atoms with van der Waals surface area (Å²) in [6, 6.07) is 13.4. The molecule has 0 bridgehead atoms. The molecule has 0 fully saturated rings. The number of hydrogen-bond acceptors (Lipinski definition) is 4. The highest BCUT2D eigenvalue weighted by molar-refractivity contribution is 5.77. The Morgan fingerprint density at radius 2 is 1.72 bits per heavy atom. The number of nitrogens with zero attached hydrogens (tertiary/aromatic N) is 2. The molecule has 2 aliphatic rings. The van der Waals surface area contributed by atoms with Crippen LogP contribution in [0.5, 0.6) is 5.75 Å². The van der Waals surface area contributed by atoms with Crippen LogP contribution >= 0.6 is 0 Å². The normalized spacial score (nSPS) is 11.1. The standard InChI is InChI=1S/C18H13N3O4/c1-11(22)25-13-8-6-12(7-9-13)20-17(23)16-10-19-14-4-2-3-5-15(14)21(16)18(20)24/h2-10,19H,1H3. The van der Waals surface area contributed by atoms with E-state index in [0.717, 1.165) is 10.1 Å². The minimum absolute atomic E-state index is 0.257. The lowest BCUT2D eigenvalue weighted by atomic mass is 10.3. The number of carbonyl (C=O) groups excluding carboxylic acids is 1. The molecule has 2 aromatic carbocycles. The third-order valence-corrected chi connectivity index (χ3v) is 3.91. The molecule has 0 spiro atoms. The van der Waals surface area contributed by atoms with Crippen LogP contribution in [0.1, 0.15) is 6.92 Å². The van der Waals surface area contributed by atoms with E-state index in [-0.39, 0.29) is 5.69 Å². The van der Waals surface area contributed by atoms with E-state index in [1.807, 2.05) is 12.1 Å². The van der Waals surface area contributed by atoms with Crippen LogP contribution in [0.15, 0.2) is 64.3 Å². The molecule has 124 valence electrons. The molecule has 0 radical (unpaired) electrons. The maximum absolute atomic E-state index is 12.9. The van der Waals surface area contributed by atoms with Crippen molar-refractivity contribution in [3.63, 3.8) is 0 Å². The van der Waals surface area contributed by atoms with Crippen LogP contribution in [0.25, 0.3) is 22.4 Å². The Balaban J connectivity index is 1.95. The first-order chi connectivity index (χ1) is 12.1. The van der Waals surface area contributed by atoms with Crippen LogP contribution in [-0.4, -0.2) is 20.1 Å². The van der Waals surface area contributed by atoms with Gasteiger partial charge in [0.05, 0.1) is 16.7 Å². The average Bonchev–Trinajstić information content (AvgIpc) is 2.86. The van der Waals surface area contributed by atoms with Crippen molar-refractivity contribution < 1.29 is 9.53 Å². The summed E-state index contributed by atoms with van der Waals surface area (Å²) in [6.07, 6.45) is 1.52. The Labute approximate surface area is 141 Å². The largest absolute Gasteiger partial charge is 0.427 e. The Kier molecular flexibility index (Phi) is 3.28. The van der Waals surface area contributed by atoms with Gasteiger partial charge in [0, 0.05) is 13.1 Å². The third kappa shape index (κ3) is 2.33. The summed E-state index contributed by atoms with van der Waals surface area (Å²) in [7, 11) is 0. The summed E-state index contributed by atoms with van der Waals surface area (Å²) >= 11 is 0. The molecular weight excluding hydrogens is 322 g/mol. The van der Waals surface area contributed by atoms with E-state index in [4.69, 9.17) is 4.74 Å². The van der Waals surface area contributed by atoms with Gasteiger partial charge in [0.25, 0.3) is 5.56 Å². The summed E-state index contributed by atoms with van der Waals surface area (Å²) in [6.45, 7) is 1.30. The van der Waals surface area contributed by atoms with Gasteiger partial charge in [-0.05, 0) is 36.4 Å². The van der Waals surface area contributed by atoms with Crippen molar-refractivity contribution in [2.24, 2.45) is 0 Å². The summed E-state index contributed by atoms with van der Waals surface area (Å²) in [5.41, 5.74) is 1.15. The predicted molar refractivity (Wildman–Crippen MR) is 92.0 cm³/mol. The van der Waals surface area contributed by atoms with E-state index in [0.29, 0.717) is 17.0 Å². The number of esters is 1. The molecule has 4 rings (SSSR count). The number of hydrogen-bond donors (Lipinski definition) is 1. The zero-order valence-electron chi connectivity index (χ0n) is 13.2. The number of rotatable bonds is 2. The first-order valence-corrected chi connectivity index (χ1v) is 7.59. The number of H-pyrrole nitrogens is 1. The fraction of sp³-hybridized carbons (Fsp3) is 0.0556. The Hall–Kier alpha value is -3.61. The summed E-state index contributed by atoms with van der Waals surface area (Å²) < 4.78 is 7.44. The van der Waals surface area contributed by atoms with E-state index < -0.39 is 17.2 Å². The summed E-state index contributed by atoms with van der Waals surface area (Å²) in [5.74, 6) is -0.0923. The van der Waals surface area contributed by atoms with Crippen LogP contribution < -0.4 is 16.0 Å². The number of para-hydroxylation sites is 2. The van der Waals surface area contributed by atoms with Gasteiger partial charge in [0.2, 0.25) is 0 Å². The number of carbonyl (C=O) groups is 1. The minimum Gasteiger partial charge on any atom is -0.427 e. The highest BCUT2D eigenvalue weighted by Crippen LogP contribution is 2.17. The zero-order chi connectivity index (χ0) is 17.6. The van der Waals surface area contributed by atoms with Crippen molar-refractivity contribution >= 4 is 17.0 Å². The van der Waals surface area contributed by atoms with Gasteiger partial charge in [-0.15, -0.1) is 0 Å². The van der Waals surface area contributed by atoms with Crippen LogP contribution in [0, 0.1) is 0 Å². The second-order valence-electron chi connectivity index (χ2n) is 5.54. The quantitative estimate of drug-likeness (QED) is 0.447. The molecule has 0 aliphatic carbocycles. The first kappa shape index (κ1) is 14.9. The highest BCUT2D eigenvalue weighted by Gasteiger charge is 2.20. The van der Waals surface area contributed by atoms with Crippen molar-refractivity contribution in [2.75, 3.05) is 0 Å². The molecule has 7 nitrogen and oxygen atoms in total. The molecule has 2 aliphatic heterocycles.